The summed E-state index contributed by atoms with van der Waals surface area (Å²) >= 11 is 1.70. The fourth-order valence-corrected chi connectivity index (χ4v) is 4.00. The maximum atomic E-state index is 12.3. The molecule has 1 atom stereocenters. The summed E-state index contributed by atoms with van der Waals surface area (Å²) in [6.45, 7) is 0. The molecule has 19 heavy (non-hydrogen) atoms. The highest BCUT2D eigenvalue weighted by atomic mass is 32.1. The Morgan fingerprint density at radius 3 is 2.68 bits per heavy atom. The van der Waals surface area contributed by atoms with Crippen molar-refractivity contribution in [3.05, 3.63) is 21.4 Å². The van der Waals surface area contributed by atoms with Crippen molar-refractivity contribution in [1.82, 2.24) is 5.32 Å². The van der Waals surface area contributed by atoms with Gasteiger partial charge in [-0.3, -0.25) is 0 Å². The molecule has 1 unspecified atom stereocenters. The maximum absolute atomic E-state index is 12.3. The van der Waals surface area contributed by atoms with Crippen LogP contribution < -0.4 is 5.32 Å². The van der Waals surface area contributed by atoms with E-state index in [2.05, 4.69) is 11.4 Å². The molecule has 0 aliphatic heterocycles. The van der Waals surface area contributed by atoms with Crippen LogP contribution in [-0.2, 0) is 12.8 Å². The lowest BCUT2D eigenvalue weighted by molar-refractivity contribution is -0.136. The van der Waals surface area contributed by atoms with Crippen molar-refractivity contribution < 1.29 is 13.2 Å². The number of hydrogen-bond acceptors (Lipinski definition) is 2. The summed E-state index contributed by atoms with van der Waals surface area (Å²) in [6, 6.07) is 1.96. The van der Waals surface area contributed by atoms with Crippen molar-refractivity contribution in [2.24, 2.45) is 0 Å². The fraction of sp³-hybridized carbons (Fsp3) is 0.714. The molecule has 0 bridgehead atoms. The van der Waals surface area contributed by atoms with E-state index in [0.29, 0.717) is 0 Å². The number of rotatable bonds is 4. The van der Waals surface area contributed by atoms with Crippen molar-refractivity contribution in [2.45, 2.75) is 57.2 Å². The molecule has 0 saturated carbocycles. The molecule has 0 amide bonds. The van der Waals surface area contributed by atoms with E-state index in [9.17, 15) is 13.2 Å². The second-order valence-electron chi connectivity index (χ2n) is 5.15. The molecule has 1 aliphatic rings. The second kappa shape index (κ2) is 6.27. The number of thiophene rings is 1. The van der Waals surface area contributed by atoms with E-state index in [4.69, 9.17) is 0 Å². The van der Waals surface area contributed by atoms with Crippen LogP contribution in [0.3, 0.4) is 0 Å². The van der Waals surface area contributed by atoms with Gasteiger partial charge in [-0.2, -0.15) is 13.2 Å². The van der Waals surface area contributed by atoms with Crippen molar-refractivity contribution in [3.8, 4) is 0 Å². The van der Waals surface area contributed by atoms with Gasteiger partial charge < -0.3 is 5.32 Å². The molecule has 1 aliphatic carbocycles. The highest BCUT2D eigenvalue weighted by Crippen LogP contribution is 2.35. The highest BCUT2D eigenvalue weighted by Gasteiger charge is 2.29. The second-order valence-corrected chi connectivity index (χ2v) is 6.32. The van der Waals surface area contributed by atoms with Gasteiger partial charge >= 0.3 is 6.18 Å². The monoisotopic (exact) mass is 291 g/mol. The van der Waals surface area contributed by atoms with Crippen molar-refractivity contribution in [2.75, 3.05) is 7.05 Å². The number of nitrogens with one attached hydrogen (secondary N) is 1. The van der Waals surface area contributed by atoms with E-state index in [1.54, 1.807) is 18.4 Å². The van der Waals surface area contributed by atoms with Crippen LogP contribution >= 0.6 is 11.3 Å². The lowest BCUT2D eigenvalue weighted by Gasteiger charge is -2.15. The standard InChI is InChI=1S/C14H20F3NS/c1-18-11(7-8-14(15,16)17)13-9-10-5-3-2-4-6-12(10)19-13/h9,11,18H,2-8H2,1H3. The van der Waals surface area contributed by atoms with Gasteiger partial charge in [-0.25, -0.2) is 0 Å². The van der Waals surface area contributed by atoms with Crippen LogP contribution in [0.4, 0.5) is 13.2 Å². The molecule has 2 rings (SSSR count). The van der Waals surface area contributed by atoms with Gasteiger partial charge in [0.05, 0.1) is 0 Å². The predicted octanol–water partition coefficient (Wildman–Crippen LogP) is 4.62. The SMILES string of the molecule is CNC(CCC(F)(F)F)c1cc2c(s1)CCCCC2. The van der Waals surface area contributed by atoms with Gasteiger partial charge in [0, 0.05) is 22.2 Å². The zero-order chi connectivity index (χ0) is 13.9. The summed E-state index contributed by atoms with van der Waals surface area (Å²) in [5.74, 6) is 0. The minimum absolute atomic E-state index is 0.124. The van der Waals surface area contributed by atoms with E-state index in [-0.39, 0.29) is 12.5 Å². The van der Waals surface area contributed by atoms with Gasteiger partial charge in [-0.05, 0) is 50.8 Å². The summed E-state index contributed by atoms with van der Waals surface area (Å²) in [5, 5.41) is 3.03. The number of fused-ring (bicyclic) bond motifs is 1. The van der Waals surface area contributed by atoms with Gasteiger partial charge in [0.2, 0.25) is 0 Å². The van der Waals surface area contributed by atoms with Crippen molar-refractivity contribution in [3.63, 3.8) is 0 Å². The lowest BCUT2D eigenvalue weighted by atomic mass is 10.1. The Bertz CT molecular complexity index is 388. The van der Waals surface area contributed by atoms with Crippen molar-refractivity contribution in [1.29, 1.82) is 0 Å². The van der Waals surface area contributed by atoms with E-state index < -0.39 is 12.6 Å². The van der Waals surface area contributed by atoms with Crippen LogP contribution in [0.1, 0.15) is 53.5 Å². The molecule has 0 saturated heterocycles. The predicted molar refractivity (Wildman–Crippen MR) is 72.7 cm³/mol. The summed E-state index contributed by atoms with van der Waals surface area (Å²) in [7, 11) is 1.74. The average Bonchev–Trinajstić information content (AvgIpc) is 2.60. The van der Waals surface area contributed by atoms with E-state index in [1.165, 1.54) is 29.7 Å². The molecule has 1 N–H and O–H groups in total. The number of aryl methyl sites for hydroxylation is 2. The van der Waals surface area contributed by atoms with Crippen LogP contribution in [0.2, 0.25) is 0 Å². The van der Waals surface area contributed by atoms with Gasteiger partial charge in [0.25, 0.3) is 0 Å². The van der Waals surface area contributed by atoms with E-state index in [1.807, 2.05) is 0 Å². The van der Waals surface area contributed by atoms with E-state index in [0.717, 1.165) is 17.7 Å². The summed E-state index contributed by atoms with van der Waals surface area (Å²) in [5.41, 5.74) is 1.37. The van der Waals surface area contributed by atoms with Gasteiger partial charge in [0.15, 0.2) is 0 Å². The molecular weight excluding hydrogens is 271 g/mol. The Balaban J connectivity index is 2.06. The third-order valence-corrected chi connectivity index (χ3v) is 5.02. The molecule has 1 heterocycles. The zero-order valence-corrected chi connectivity index (χ0v) is 12.0. The molecular formula is C14H20F3NS. The Kier molecular flexibility index (Phi) is 4.90. The Morgan fingerprint density at radius 1 is 1.26 bits per heavy atom. The molecule has 0 radical (unpaired) electrons. The van der Waals surface area contributed by atoms with E-state index >= 15 is 0 Å². The lowest BCUT2D eigenvalue weighted by Crippen LogP contribution is -2.18. The van der Waals surface area contributed by atoms with Crippen LogP contribution in [-0.4, -0.2) is 13.2 Å². The average molecular weight is 291 g/mol. The Morgan fingerprint density at radius 2 is 2.00 bits per heavy atom. The smallest absolute Gasteiger partial charge is 0.312 e. The molecule has 1 nitrogen and oxygen atoms in total. The molecule has 108 valence electrons. The highest BCUT2D eigenvalue weighted by molar-refractivity contribution is 7.12. The molecule has 1 aromatic heterocycles. The third kappa shape index (κ3) is 4.21. The molecule has 5 heteroatoms. The fourth-order valence-electron chi connectivity index (χ4n) is 2.60. The first-order chi connectivity index (χ1) is 8.99. The normalized spacial score (nSPS) is 17.9. The van der Waals surface area contributed by atoms with Gasteiger partial charge in [-0.15, -0.1) is 11.3 Å². The maximum Gasteiger partial charge on any atom is 0.389 e. The molecule has 0 fully saturated rings. The Labute approximate surface area is 116 Å². The number of halogens is 3. The first-order valence-corrected chi connectivity index (χ1v) is 7.67. The summed E-state index contributed by atoms with van der Waals surface area (Å²) in [6.07, 6.45) is 1.19. The first kappa shape index (κ1) is 14.9. The molecule has 1 aromatic rings. The number of alkyl halides is 3. The zero-order valence-electron chi connectivity index (χ0n) is 11.1. The quantitative estimate of drug-likeness (QED) is 0.798. The van der Waals surface area contributed by atoms with Gasteiger partial charge in [-0.1, -0.05) is 6.42 Å². The Hall–Kier alpha value is -0.550. The van der Waals surface area contributed by atoms with Crippen molar-refractivity contribution >= 4 is 11.3 Å². The molecule has 0 aromatic carbocycles. The largest absolute Gasteiger partial charge is 0.389 e. The summed E-state index contributed by atoms with van der Waals surface area (Å²) in [4.78, 5) is 2.46. The van der Waals surface area contributed by atoms with Crippen LogP contribution in [0.25, 0.3) is 0 Å². The van der Waals surface area contributed by atoms with Crippen LogP contribution in [0.5, 0.6) is 0 Å². The van der Waals surface area contributed by atoms with Gasteiger partial charge in [0.1, 0.15) is 0 Å². The minimum Gasteiger partial charge on any atom is -0.312 e. The minimum atomic E-state index is -4.07. The van der Waals surface area contributed by atoms with Crippen LogP contribution in [0, 0.1) is 0 Å². The topological polar surface area (TPSA) is 12.0 Å². The number of hydrogen-bond donors (Lipinski definition) is 1. The summed E-state index contributed by atoms with van der Waals surface area (Å²) < 4.78 is 37.0. The third-order valence-electron chi connectivity index (χ3n) is 3.67. The molecule has 0 spiro atoms. The first-order valence-electron chi connectivity index (χ1n) is 6.85. The van der Waals surface area contributed by atoms with Crippen LogP contribution in [0.15, 0.2) is 6.07 Å².